The molecule has 0 spiro atoms. The lowest BCUT2D eigenvalue weighted by Gasteiger charge is -2.30. The Bertz CT molecular complexity index is 1120. The van der Waals surface area contributed by atoms with Gasteiger partial charge >= 0.3 is 0 Å². The number of aliphatic hydroxyl groups is 1. The van der Waals surface area contributed by atoms with E-state index >= 15 is 0 Å². The first-order valence-corrected chi connectivity index (χ1v) is 11.4. The molecule has 1 aliphatic rings. The summed E-state index contributed by atoms with van der Waals surface area (Å²) in [6.07, 6.45) is -1.94. The van der Waals surface area contributed by atoms with Crippen molar-refractivity contribution >= 4 is 11.4 Å². The van der Waals surface area contributed by atoms with Crippen LogP contribution in [0.3, 0.4) is 0 Å². The van der Waals surface area contributed by atoms with Crippen LogP contribution in [-0.4, -0.2) is 43.0 Å². The maximum Gasteiger partial charge on any atom is 0.263 e. The molecule has 0 radical (unpaired) electrons. The second-order valence-corrected chi connectivity index (χ2v) is 8.13. The number of alkyl halides is 2. The summed E-state index contributed by atoms with van der Waals surface area (Å²) in [5.41, 5.74) is 4.74. The number of anilines is 2. The fourth-order valence-electron chi connectivity index (χ4n) is 4.00. The van der Waals surface area contributed by atoms with Crippen LogP contribution in [0.15, 0.2) is 54.7 Å². The van der Waals surface area contributed by atoms with Crippen LogP contribution in [0, 0.1) is 6.92 Å². The van der Waals surface area contributed by atoms with Crippen molar-refractivity contribution in [2.45, 2.75) is 26.5 Å². The molecule has 180 valence electrons. The zero-order chi connectivity index (χ0) is 24.1. The van der Waals surface area contributed by atoms with Gasteiger partial charge in [0, 0.05) is 41.7 Å². The number of ether oxygens (including phenoxy) is 2. The van der Waals surface area contributed by atoms with Crippen molar-refractivity contribution < 1.29 is 23.4 Å². The van der Waals surface area contributed by atoms with E-state index in [-0.39, 0.29) is 5.56 Å². The van der Waals surface area contributed by atoms with E-state index in [9.17, 15) is 13.9 Å². The average Bonchev–Trinajstić information content (AvgIpc) is 2.86. The molecule has 0 amide bonds. The number of morpholine rings is 1. The van der Waals surface area contributed by atoms with Crippen LogP contribution in [0.2, 0.25) is 0 Å². The monoisotopic (exact) mass is 469 g/mol. The maximum atomic E-state index is 13.0. The molecule has 1 saturated heterocycles. The van der Waals surface area contributed by atoms with Gasteiger partial charge in [-0.2, -0.15) is 0 Å². The summed E-state index contributed by atoms with van der Waals surface area (Å²) in [6, 6.07) is 13.6. The van der Waals surface area contributed by atoms with Crippen LogP contribution >= 0.6 is 0 Å². The number of aryl methyl sites for hydroxylation is 1. The fourth-order valence-corrected chi connectivity index (χ4v) is 4.00. The Morgan fingerprint density at radius 1 is 1.12 bits per heavy atom. The lowest BCUT2D eigenvalue weighted by Crippen LogP contribution is -2.36. The predicted molar refractivity (Wildman–Crippen MR) is 129 cm³/mol. The second kappa shape index (κ2) is 10.8. The molecule has 0 bridgehead atoms. The van der Waals surface area contributed by atoms with Crippen molar-refractivity contribution in [3.05, 3.63) is 71.4 Å². The van der Waals surface area contributed by atoms with E-state index in [4.69, 9.17) is 9.47 Å². The molecule has 1 unspecified atom stereocenters. The minimum absolute atomic E-state index is 0.126. The topological polar surface area (TPSA) is 66.8 Å². The van der Waals surface area contributed by atoms with Gasteiger partial charge in [0.25, 0.3) is 6.43 Å². The number of aromatic nitrogens is 1. The number of pyridine rings is 1. The van der Waals surface area contributed by atoms with E-state index in [2.05, 4.69) is 21.3 Å². The second-order valence-electron chi connectivity index (χ2n) is 8.13. The van der Waals surface area contributed by atoms with Gasteiger partial charge in [-0.15, -0.1) is 0 Å². The summed E-state index contributed by atoms with van der Waals surface area (Å²) in [5, 5.41) is 13.6. The highest BCUT2D eigenvalue weighted by Gasteiger charge is 2.19. The number of halogens is 2. The SMILES string of the molecule is CCOc1ncc(-c2cc(NC(O)c3cccc(C(F)F)c3)ccc2C)cc1N1CCOCC1. The summed E-state index contributed by atoms with van der Waals surface area (Å²) < 4.78 is 37.3. The Morgan fingerprint density at radius 3 is 2.62 bits per heavy atom. The molecule has 0 aliphatic carbocycles. The minimum Gasteiger partial charge on any atom is -0.476 e. The summed E-state index contributed by atoms with van der Waals surface area (Å²) in [5.74, 6) is 0.592. The molecule has 3 aromatic rings. The standard InChI is InChI=1S/C26H29F2N3O3/c1-3-34-26-23(31-9-11-33-12-10-31)14-20(16-29-26)22-15-21(8-7-17(22)2)30-25(32)19-6-4-5-18(13-19)24(27)28/h4-8,13-16,24-25,30,32H,3,9-12H2,1-2H3. The lowest BCUT2D eigenvalue weighted by molar-refractivity contribution is 0.122. The zero-order valence-electron chi connectivity index (χ0n) is 19.3. The van der Waals surface area contributed by atoms with Crippen molar-refractivity contribution in [1.29, 1.82) is 0 Å². The fraction of sp³-hybridized carbons (Fsp3) is 0.346. The smallest absolute Gasteiger partial charge is 0.263 e. The van der Waals surface area contributed by atoms with E-state index in [1.165, 1.54) is 18.2 Å². The summed E-state index contributed by atoms with van der Waals surface area (Å²) in [7, 11) is 0. The Hall–Kier alpha value is -3.23. The molecule has 34 heavy (non-hydrogen) atoms. The molecule has 1 fully saturated rings. The molecule has 2 aromatic carbocycles. The van der Waals surface area contributed by atoms with Crippen LogP contribution in [-0.2, 0) is 4.74 Å². The number of aliphatic hydroxyl groups excluding tert-OH is 1. The van der Waals surface area contributed by atoms with Gasteiger partial charge in [0.15, 0.2) is 6.23 Å². The Balaban J connectivity index is 1.62. The predicted octanol–water partition coefficient (Wildman–Crippen LogP) is 5.33. The molecule has 2 N–H and O–H groups in total. The van der Waals surface area contributed by atoms with Crippen LogP contribution in [0.5, 0.6) is 5.88 Å². The van der Waals surface area contributed by atoms with Gasteiger partial charge in [-0.3, -0.25) is 0 Å². The first-order chi connectivity index (χ1) is 16.5. The maximum absolute atomic E-state index is 13.0. The average molecular weight is 470 g/mol. The highest BCUT2D eigenvalue weighted by Crippen LogP contribution is 2.35. The third kappa shape index (κ3) is 5.46. The summed E-state index contributed by atoms with van der Waals surface area (Å²) >= 11 is 0. The Morgan fingerprint density at radius 2 is 1.88 bits per heavy atom. The number of rotatable bonds is 8. The van der Waals surface area contributed by atoms with Gasteiger partial charge in [0.2, 0.25) is 5.88 Å². The van der Waals surface area contributed by atoms with Crippen LogP contribution in [0.25, 0.3) is 11.1 Å². The largest absolute Gasteiger partial charge is 0.476 e. The highest BCUT2D eigenvalue weighted by molar-refractivity contribution is 5.75. The molecule has 1 atom stereocenters. The number of hydrogen-bond donors (Lipinski definition) is 2. The molecular weight excluding hydrogens is 440 g/mol. The van der Waals surface area contributed by atoms with Crippen molar-refractivity contribution in [2.24, 2.45) is 0 Å². The van der Waals surface area contributed by atoms with Crippen molar-refractivity contribution in [3.8, 4) is 17.0 Å². The van der Waals surface area contributed by atoms with Crippen LogP contribution < -0.4 is 15.0 Å². The lowest BCUT2D eigenvalue weighted by atomic mass is 10.0. The van der Waals surface area contributed by atoms with Crippen molar-refractivity contribution in [1.82, 2.24) is 4.98 Å². The molecule has 0 saturated carbocycles. The number of nitrogens with zero attached hydrogens (tertiary/aromatic N) is 2. The number of hydrogen-bond acceptors (Lipinski definition) is 6. The third-order valence-corrected chi connectivity index (χ3v) is 5.80. The zero-order valence-corrected chi connectivity index (χ0v) is 19.3. The molecule has 8 heteroatoms. The van der Waals surface area contributed by atoms with Crippen LogP contribution in [0.1, 0.15) is 36.3 Å². The minimum atomic E-state index is -2.59. The van der Waals surface area contributed by atoms with Gasteiger partial charge < -0.3 is 24.8 Å². The van der Waals surface area contributed by atoms with Gasteiger partial charge in [-0.05, 0) is 49.2 Å². The van der Waals surface area contributed by atoms with E-state index in [0.29, 0.717) is 37.0 Å². The molecule has 1 aliphatic heterocycles. The van der Waals surface area contributed by atoms with Gasteiger partial charge in [0.1, 0.15) is 5.69 Å². The van der Waals surface area contributed by atoms with E-state index in [1.54, 1.807) is 12.3 Å². The van der Waals surface area contributed by atoms with E-state index in [0.717, 1.165) is 35.5 Å². The first-order valence-electron chi connectivity index (χ1n) is 11.4. The first kappa shape index (κ1) is 23.9. The van der Waals surface area contributed by atoms with E-state index in [1.807, 2.05) is 32.0 Å². The number of nitrogens with one attached hydrogen (secondary N) is 1. The highest BCUT2D eigenvalue weighted by atomic mass is 19.3. The third-order valence-electron chi connectivity index (χ3n) is 5.80. The Kier molecular flexibility index (Phi) is 7.59. The van der Waals surface area contributed by atoms with Crippen molar-refractivity contribution in [3.63, 3.8) is 0 Å². The van der Waals surface area contributed by atoms with Gasteiger partial charge in [-0.1, -0.05) is 24.3 Å². The molecule has 4 rings (SSSR count). The van der Waals surface area contributed by atoms with Crippen LogP contribution in [0.4, 0.5) is 20.2 Å². The molecule has 6 nitrogen and oxygen atoms in total. The van der Waals surface area contributed by atoms with Gasteiger partial charge in [0.05, 0.1) is 19.8 Å². The normalized spacial score (nSPS) is 14.8. The van der Waals surface area contributed by atoms with E-state index < -0.39 is 12.7 Å². The summed E-state index contributed by atoms with van der Waals surface area (Å²) in [6.45, 7) is 7.28. The molecule has 1 aromatic heterocycles. The Labute approximate surface area is 198 Å². The quantitative estimate of drug-likeness (QED) is 0.435. The molecule has 2 heterocycles. The number of benzene rings is 2. The molecular formula is C26H29F2N3O3. The summed E-state index contributed by atoms with van der Waals surface area (Å²) in [4.78, 5) is 6.79. The van der Waals surface area contributed by atoms with Crippen molar-refractivity contribution in [2.75, 3.05) is 43.1 Å². The van der Waals surface area contributed by atoms with Gasteiger partial charge in [-0.25, -0.2) is 13.8 Å².